The predicted molar refractivity (Wildman–Crippen MR) is 82.2 cm³/mol. The third kappa shape index (κ3) is 4.90. The van der Waals surface area contributed by atoms with Crippen molar-refractivity contribution in [2.24, 2.45) is 0 Å². The van der Waals surface area contributed by atoms with Crippen molar-refractivity contribution in [1.29, 1.82) is 5.26 Å². The van der Waals surface area contributed by atoms with Gasteiger partial charge in [-0.3, -0.25) is 9.59 Å². The maximum Gasteiger partial charge on any atom is 0.326 e. The second kappa shape index (κ2) is 8.02. The Balaban J connectivity index is 3.14. The summed E-state index contributed by atoms with van der Waals surface area (Å²) in [6.07, 6.45) is 0. The topological polar surface area (TPSA) is 76.4 Å². The monoisotopic (exact) mass is 343 g/mol. The van der Waals surface area contributed by atoms with Crippen molar-refractivity contribution in [3.8, 4) is 11.8 Å². The van der Waals surface area contributed by atoms with E-state index in [4.69, 9.17) is 37.9 Å². The van der Waals surface area contributed by atoms with E-state index in [2.05, 4.69) is 0 Å². The molecule has 0 spiro atoms. The second-order valence-electron chi connectivity index (χ2n) is 5.11. The molecule has 0 N–H and O–H groups in total. The van der Waals surface area contributed by atoms with Crippen molar-refractivity contribution in [2.45, 2.75) is 19.3 Å². The first-order valence-electron chi connectivity index (χ1n) is 6.37. The molecule has 0 fully saturated rings. The van der Waals surface area contributed by atoms with E-state index in [0.717, 1.165) is 0 Å². The van der Waals surface area contributed by atoms with Gasteiger partial charge in [0.1, 0.15) is 24.1 Å². The highest BCUT2D eigenvalue weighted by molar-refractivity contribution is 6.26. The Morgan fingerprint density at radius 2 is 1.86 bits per heavy atom. The Morgan fingerprint density at radius 3 is 2.41 bits per heavy atom. The predicted octanol–water partition coefficient (Wildman–Crippen LogP) is 2.76. The summed E-state index contributed by atoms with van der Waals surface area (Å²) in [4.78, 5) is 22.6. The molecule has 5 nitrogen and oxygen atoms in total. The van der Waals surface area contributed by atoms with Crippen molar-refractivity contribution < 1.29 is 19.1 Å². The van der Waals surface area contributed by atoms with E-state index in [0.29, 0.717) is 11.1 Å². The van der Waals surface area contributed by atoms with Crippen LogP contribution in [0.1, 0.15) is 25.0 Å². The van der Waals surface area contributed by atoms with E-state index >= 15 is 0 Å². The highest BCUT2D eigenvalue weighted by atomic mass is 35.5. The summed E-state index contributed by atoms with van der Waals surface area (Å²) >= 11 is 10.8. The van der Waals surface area contributed by atoms with Crippen LogP contribution in [0.25, 0.3) is 0 Å². The van der Waals surface area contributed by atoms with Crippen LogP contribution in [0.3, 0.4) is 0 Å². The largest absolute Gasteiger partial charge is 0.464 e. The number of hydrogen-bond donors (Lipinski definition) is 0. The van der Waals surface area contributed by atoms with Crippen LogP contribution >= 0.6 is 23.2 Å². The van der Waals surface area contributed by atoms with Crippen LogP contribution in [-0.4, -0.2) is 30.3 Å². The summed E-state index contributed by atoms with van der Waals surface area (Å²) < 4.78 is 10.2. The van der Waals surface area contributed by atoms with Crippen molar-refractivity contribution >= 4 is 35.1 Å². The highest BCUT2D eigenvalue weighted by Gasteiger charge is 2.28. The Bertz CT molecular complexity index is 608. The van der Waals surface area contributed by atoms with Gasteiger partial charge in [-0.25, -0.2) is 0 Å². The Kier molecular flexibility index (Phi) is 6.66. The number of esters is 2. The van der Waals surface area contributed by atoms with E-state index in [1.165, 1.54) is 12.1 Å². The summed E-state index contributed by atoms with van der Waals surface area (Å²) in [5.41, 5.74) is 0.279. The average molecular weight is 344 g/mol. The standard InChI is InChI=1S/C15H15Cl2NO4/c1-15(2,9-21-13(19)6-16)11-5-10(8-18)3-4-12(11)22-14(20)7-17/h3-5H,6-7,9H2,1-2H3. The van der Waals surface area contributed by atoms with E-state index in [9.17, 15) is 9.59 Å². The normalized spacial score (nSPS) is 10.7. The number of benzene rings is 1. The second-order valence-corrected chi connectivity index (χ2v) is 5.64. The molecular formula is C15H15Cl2NO4. The molecule has 118 valence electrons. The molecule has 1 aromatic rings. The highest BCUT2D eigenvalue weighted by Crippen LogP contribution is 2.33. The fourth-order valence-electron chi connectivity index (χ4n) is 1.74. The van der Waals surface area contributed by atoms with Crippen LogP contribution in [0.4, 0.5) is 0 Å². The molecule has 0 heterocycles. The lowest BCUT2D eigenvalue weighted by Gasteiger charge is -2.26. The first-order valence-corrected chi connectivity index (χ1v) is 7.44. The summed E-state index contributed by atoms with van der Waals surface area (Å²) in [6.45, 7) is 3.62. The number of rotatable bonds is 6. The zero-order chi connectivity index (χ0) is 16.8. The minimum absolute atomic E-state index is 0.0266. The number of carbonyl (C=O) groups excluding carboxylic acids is 2. The molecule has 0 saturated carbocycles. The SMILES string of the molecule is CC(C)(COC(=O)CCl)c1cc(C#N)ccc1OC(=O)CCl. The molecule has 0 aliphatic carbocycles. The lowest BCUT2D eigenvalue weighted by molar-refractivity contribution is -0.142. The van der Waals surface area contributed by atoms with Gasteiger partial charge in [-0.1, -0.05) is 13.8 Å². The summed E-state index contributed by atoms with van der Waals surface area (Å²) in [7, 11) is 0. The quantitative estimate of drug-likeness (QED) is 0.451. The van der Waals surface area contributed by atoms with Crippen molar-refractivity contribution in [2.75, 3.05) is 18.4 Å². The van der Waals surface area contributed by atoms with Gasteiger partial charge in [-0.15, -0.1) is 23.2 Å². The molecule has 7 heteroatoms. The van der Waals surface area contributed by atoms with Crippen LogP contribution in [0.2, 0.25) is 0 Å². The van der Waals surface area contributed by atoms with Gasteiger partial charge in [-0.2, -0.15) is 5.26 Å². The van der Waals surface area contributed by atoms with E-state index < -0.39 is 17.4 Å². The summed E-state index contributed by atoms with van der Waals surface area (Å²) in [5.74, 6) is -1.42. The molecule has 22 heavy (non-hydrogen) atoms. The summed E-state index contributed by atoms with van der Waals surface area (Å²) in [6, 6.07) is 6.65. The van der Waals surface area contributed by atoms with Gasteiger partial charge in [0, 0.05) is 11.0 Å². The van der Waals surface area contributed by atoms with E-state index in [1.54, 1.807) is 19.9 Å². The molecule has 0 aromatic heterocycles. The van der Waals surface area contributed by atoms with Crippen LogP contribution in [-0.2, 0) is 19.7 Å². The first-order chi connectivity index (χ1) is 10.3. The molecule has 1 rings (SSSR count). The molecule has 0 bridgehead atoms. The average Bonchev–Trinajstić information content (AvgIpc) is 2.52. The van der Waals surface area contributed by atoms with Crippen LogP contribution in [0.5, 0.6) is 5.75 Å². The minimum atomic E-state index is -0.684. The van der Waals surface area contributed by atoms with E-state index in [-0.39, 0.29) is 24.1 Å². The van der Waals surface area contributed by atoms with Crippen molar-refractivity contribution in [3.05, 3.63) is 29.3 Å². The Hall–Kier alpha value is -1.77. The first kappa shape index (κ1) is 18.3. The molecule has 0 aliphatic rings. The lowest BCUT2D eigenvalue weighted by atomic mass is 9.84. The number of nitriles is 1. The van der Waals surface area contributed by atoms with Gasteiger partial charge < -0.3 is 9.47 Å². The van der Waals surface area contributed by atoms with Gasteiger partial charge in [0.05, 0.1) is 11.6 Å². The number of halogens is 2. The molecule has 0 unspecified atom stereocenters. The summed E-state index contributed by atoms with van der Waals surface area (Å²) in [5, 5.41) is 9.02. The van der Waals surface area contributed by atoms with Crippen LogP contribution in [0, 0.1) is 11.3 Å². The van der Waals surface area contributed by atoms with Crippen LogP contribution in [0.15, 0.2) is 18.2 Å². The minimum Gasteiger partial charge on any atom is -0.464 e. The molecule has 0 aliphatic heterocycles. The Labute approximate surface area is 138 Å². The molecular weight excluding hydrogens is 329 g/mol. The third-order valence-corrected chi connectivity index (χ3v) is 3.31. The number of nitrogens with zero attached hydrogens (tertiary/aromatic N) is 1. The maximum atomic E-state index is 11.4. The molecule has 0 amide bonds. The number of alkyl halides is 2. The number of ether oxygens (including phenoxy) is 2. The van der Waals surface area contributed by atoms with E-state index in [1.807, 2.05) is 6.07 Å². The zero-order valence-corrected chi connectivity index (χ0v) is 13.7. The molecule has 1 aromatic carbocycles. The number of carbonyl (C=O) groups is 2. The van der Waals surface area contributed by atoms with Crippen molar-refractivity contribution in [1.82, 2.24) is 0 Å². The third-order valence-electron chi connectivity index (χ3n) is 2.87. The Morgan fingerprint density at radius 1 is 1.23 bits per heavy atom. The maximum absolute atomic E-state index is 11.4. The zero-order valence-electron chi connectivity index (χ0n) is 12.2. The lowest BCUT2D eigenvalue weighted by Crippen LogP contribution is -2.28. The van der Waals surface area contributed by atoms with Gasteiger partial charge >= 0.3 is 11.9 Å². The molecule has 0 radical (unpaired) electrons. The van der Waals surface area contributed by atoms with Gasteiger partial charge in [0.25, 0.3) is 0 Å². The number of hydrogen-bond acceptors (Lipinski definition) is 5. The van der Waals surface area contributed by atoms with Gasteiger partial charge in [-0.05, 0) is 18.2 Å². The van der Waals surface area contributed by atoms with Crippen LogP contribution < -0.4 is 4.74 Å². The fourth-order valence-corrected chi connectivity index (χ4v) is 1.88. The fraction of sp³-hybridized carbons (Fsp3) is 0.400. The van der Waals surface area contributed by atoms with Crippen molar-refractivity contribution in [3.63, 3.8) is 0 Å². The smallest absolute Gasteiger partial charge is 0.326 e. The molecule has 0 saturated heterocycles. The van der Waals surface area contributed by atoms with Gasteiger partial charge in [0.2, 0.25) is 0 Å². The molecule has 0 atom stereocenters. The van der Waals surface area contributed by atoms with Gasteiger partial charge in [0.15, 0.2) is 0 Å².